The molecule has 21 heavy (non-hydrogen) atoms. The number of nitrogens with zero attached hydrogens (tertiary/aromatic N) is 3. The first-order chi connectivity index (χ1) is 9.86. The van der Waals surface area contributed by atoms with Crippen molar-refractivity contribution >= 4 is 10.0 Å². The molecule has 0 bridgehead atoms. The highest BCUT2D eigenvalue weighted by Crippen LogP contribution is 2.22. The molecular formula is C14H26N4O2S. The Bertz CT molecular complexity index is 578. The molecule has 0 amide bonds. The van der Waals surface area contributed by atoms with Gasteiger partial charge in [-0.1, -0.05) is 13.0 Å². The van der Waals surface area contributed by atoms with Gasteiger partial charge in [-0.25, -0.2) is 8.42 Å². The van der Waals surface area contributed by atoms with Gasteiger partial charge in [0, 0.05) is 20.1 Å². The van der Waals surface area contributed by atoms with Crippen LogP contribution in [0.1, 0.15) is 24.7 Å². The Hall–Kier alpha value is -1.18. The van der Waals surface area contributed by atoms with Crippen molar-refractivity contribution in [1.29, 1.82) is 0 Å². The van der Waals surface area contributed by atoms with Gasteiger partial charge >= 0.3 is 0 Å². The molecule has 0 radical (unpaired) electrons. The summed E-state index contributed by atoms with van der Waals surface area (Å²) in [5.74, 6) is 0. The third-order valence-corrected chi connectivity index (χ3v) is 5.42. The molecule has 0 aromatic carbocycles. The normalized spacial score (nSPS) is 12.0. The highest BCUT2D eigenvalue weighted by Gasteiger charge is 2.27. The molecule has 0 aliphatic rings. The minimum Gasteiger partial charge on any atom is -0.317 e. The summed E-state index contributed by atoms with van der Waals surface area (Å²) >= 11 is 0. The fourth-order valence-electron chi connectivity index (χ4n) is 2.24. The second-order valence-electron chi connectivity index (χ2n) is 5.00. The third kappa shape index (κ3) is 4.15. The molecular weight excluding hydrogens is 288 g/mol. The second-order valence-corrected chi connectivity index (χ2v) is 6.99. The van der Waals surface area contributed by atoms with Crippen molar-refractivity contribution < 1.29 is 8.42 Å². The Morgan fingerprint density at radius 1 is 1.43 bits per heavy atom. The molecule has 6 nitrogen and oxygen atoms in total. The van der Waals surface area contributed by atoms with Gasteiger partial charge in [-0.2, -0.15) is 9.40 Å². The van der Waals surface area contributed by atoms with Crippen LogP contribution in [0.3, 0.4) is 0 Å². The summed E-state index contributed by atoms with van der Waals surface area (Å²) in [6, 6.07) is 0. The summed E-state index contributed by atoms with van der Waals surface area (Å²) in [4.78, 5) is 0.315. The van der Waals surface area contributed by atoms with Crippen molar-refractivity contribution in [3.05, 3.63) is 24.0 Å². The highest BCUT2D eigenvalue weighted by molar-refractivity contribution is 7.89. The largest absolute Gasteiger partial charge is 0.317 e. The molecule has 1 heterocycles. The maximum atomic E-state index is 12.6. The standard InChI is InChI=1S/C14H26N4O2S/c1-6-10-17(5)21(19,20)14-12(3)16-18(13(14)4)11-8-9-15-7-2/h6,15H,1,7-11H2,2-5H3. The quantitative estimate of drug-likeness (QED) is 0.551. The minimum absolute atomic E-state index is 0.285. The monoisotopic (exact) mass is 314 g/mol. The number of sulfonamides is 1. The van der Waals surface area contributed by atoms with E-state index in [1.165, 1.54) is 4.31 Å². The molecule has 0 unspecified atom stereocenters. The zero-order valence-electron chi connectivity index (χ0n) is 13.4. The lowest BCUT2D eigenvalue weighted by atomic mass is 10.4. The number of hydrogen-bond acceptors (Lipinski definition) is 4. The maximum Gasteiger partial charge on any atom is 0.246 e. The van der Waals surface area contributed by atoms with Crippen molar-refractivity contribution in [3.8, 4) is 0 Å². The molecule has 1 N–H and O–H groups in total. The number of aryl methyl sites for hydroxylation is 2. The summed E-state index contributed by atoms with van der Waals surface area (Å²) < 4.78 is 28.2. The Labute approximate surface area is 127 Å². The van der Waals surface area contributed by atoms with Gasteiger partial charge in [0.15, 0.2) is 0 Å². The molecule has 0 aliphatic heterocycles. The van der Waals surface area contributed by atoms with Gasteiger partial charge in [-0.3, -0.25) is 4.68 Å². The first-order valence-electron chi connectivity index (χ1n) is 7.18. The summed E-state index contributed by atoms with van der Waals surface area (Å²) in [5, 5.41) is 7.62. The van der Waals surface area contributed by atoms with Gasteiger partial charge in [0.25, 0.3) is 0 Å². The zero-order chi connectivity index (χ0) is 16.0. The molecule has 1 aromatic heterocycles. The summed E-state index contributed by atoms with van der Waals surface area (Å²) in [6.45, 7) is 12.0. The molecule has 0 atom stereocenters. The fourth-order valence-corrected chi connectivity index (χ4v) is 3.74. The van der Waals surface area contributed by atoms with Crippen LogP contribution in [0.2, 0.25) is 0 Å². The predicted molar refractivity (Wildman–Crippen MR) is 84.9 cm³/mol. The average molecular weight is 314 g/mol. The number of nitrogens with one attached hydrogen (secondary N) is 1. The minimum atomic E-state index is -3.51. The van der Waals surface area contributed by atoms with Gasteiger partial charge < -0.3 is 5.32 Å². The average Bonchev–Trinajstić information content (AvgIpc) is 2.70. The molecule has 1 aromatic rings. The Morgan fingerprint density at radius 2 is 2.10 bits per heavy atom. The van der Waals surface area contributed by atoms with E-state index < -0.39 is 10.0 Å². The number of aromatic nitrogens is 2. The number of likely N-dealkylation sites (N-methyl/N-ethyl adjacent to an activating group) is 1. The Morgan fingerprint density at radius 3 is 2.67 bits per heavy atom. The zero-order valence-corrected chi connectivity index (χ0v) is 14.2. The van der Waals surface area contributed by atoms with Crippen molar-refractivity contribution in [1.82, 2.24) is 19.4 Å². The van der Waals surface area contributed by atoms with Gasteiger partial charge in [0.05, 0.1) is 11.4 Å². The van der Waals surface area contributed by atoms with Gasteiger partial charge in [-0.05, 0) is 33.4 Å². The molecule has 0 saturated carbocycles. The van der Waals surface area contributed by atoms with E-state index in [4.69, 9.17) is 0 Å². The molecule has 0 fully saturated rings. The highest BCUT2D eigenvalue weighted by atomic mass is 32.2. The van der Waals surface area contributed by atoms with Crippen molar-refractivity contribution in [2.24, 2.45) is 0 Å². The van der Waals surface area contributed by atoms with Crippen LogP contribution in [0.25, 0.3) is 0 Å². The van der Waals surface area contributed by atoms with Crippen LogP contribution in [0.15, 0.2) is 17.6 Å². The predicted octanol–water partition coefficient (Wildman–Crippen LogP) is 1.31. The van der Waals surface area contributed by atoms with E-state index >= 15 is 0 Å². The molecule has 0 saturated heterocycles. The van der Waals surface area contributed by atoms with Crippen LogP contribution in [-0.2, 0) is 16.6 Å². The van der Waals surface area contributed by atoms with Crippen LogP contribution < -0.4 is 5.32 Å². The van der Waals surface area contributed by atoms with E-state index in [0.717, 1.165) is 19.5 Å². The van der Waals surface area contributed by atoms with Gasteiger partial charge in [0.2, 0.25) is 10.0 Å². The van der Waals surface area contributed by atoms with E-state index in [0.29, 0.717) is 22.8 Å². The van der Waals surface area contributed by atoms with E-state index in [-0.39, 0.29) is 6.54 Å². The summed E-state index contributed by atoms with van der Waals surface area (Å²) in [7, 11) is -1.96. The lowest BCUT2D eigenvalue weighted by Gasteiger charge is -2.15. The first-order valence-corrected chi connectivity index (χ1v) is 8.62. The van der Waals surface area contributed by atoms with E-state index in [1.54, 1.807) is 24.7 Å². The summed E-state index contributed by atoms with van der Waals surface area (Å²) in [5.41, 5.74) is 1.24. The SMILES string of the molecule is C=CCN(C)S(=O)(=O)c1c(C)nn(CCCNCC)c1C. The number of hydrogen-bond donors (Lipinski definition) is 1. The van der Waals surface area contributed by atoms with Crippen molar-refractivity contribution in [2.75, 3.05) is 26.7 Å². The molecule has 0 spiro atoms. The molecule has 7 heteroatoms. The fraction of sp³-hybridized carbons (Fsp3) is 0.643. The van der Waals surface area contributed by atoms with Gasteiger partial charge in [0.1, 0.15) is 4.90 Å². The van der Waals surface area contributed by atoms with Crippen LogP contribution in [-0.4, -0.2) is 49.2 Å². The van der Waals surface area contributed by atoms with E-state index in [2.05, 4.69) is 23.9 Å². The molecule has 120 valence electrons. The lowest BCUT2D eigenvalue weighted by Crippen LogP contribution is -2.28. The van der Waals surface area contributed by atoms with Crippen LogP contribution in [0.4, 0.5) is 0 Å². The lowest BCUT2D eigenvalue weighted by molar-refractivity contribution is 0.497. The van der Waals surface area contributed by atoms with Crippen LogP contribution >= 0.6 is 0 Å². The maximum absolute atomic E-state index is 12.6. The smallest absolute Gasteiger partial charge is 0.246 e. The third-order valence-electron chi connectivity index (χ3n) is 3.34. The topological polar surface area (TPSA) is 67.2 Å². The van der Waals surface area contributed by atoms with Crippen molar-refractivity contribution in [3.63, 3.8) is 0 Å². The summed E-state index contributed by atoms with van der Waals surface area (Å²) in [6.07, 6.45) is 2.49. The first kappa shape index (κ1) is 17.9. The van der Waals surface area contributed by atoms with Gasteiger partial charge in [-0.15, -0.1) is 6.58 Å². The van der Waals surface area contributed by atoms with E-state index in [1.807, 2.05) is 6.92 Å². The van der Waals surface area contributed by atoms with Crippen molar-refractivity contribution in [2.45, 2.75) is 38.6 Å². The Balaban J connectivity index is 2.99. The molecule has 1 rings (SSSR count). The number of rotatable bonds is 9. The van der Waals surface area contributed by atoms with E-state index in [9.17, 15) is 8.42 Å². The Kier molecular flexibility index (Phi) is 6.57. The van der Waals surface area contributed by atoms with Crippen LogP contribution in [0.5, 0.6) is 0 Å². The molecule has 0 aliphatic carbocycles. The second kappa shape index (κ2) is 7.72. The van der Waals surface area contributed by atoms with Crippen LogP contribution in [0, 0.1) is 13.8 Å².